The summed E-state index contributed by atoms with van der Waals surface area (Å²) in [5, 5.41) is 13.9. The number of nitrogens with two attached hydrogens (primary N) is 1. The highest BCUT2D eigenvalue weighted by atomic mass is 16.4. The first-order chi connectivity index (χ1) is 13.7. The maximum absolute atomic E-state index is 11.6. The summed E-state index contributed by atoms with van der Waals surface area (Å²) in [7, 11) is 0. The Labute approximate surface area is 174 Å². The number of nitrogens with one attached hydrogen (secondary N) is 2. The molecule has 0 aliphatic heterocycles. The maximum Gasteiger partial charge on any atom is 0.300 e. The van der Waals surface area contributed by atoms with E-state index < -0.39 is 11.9 Å². The zero-order valence-electron chi connectivity index (χ0n) is 18.4. The first-order valence-electron chi connectivity index (χ1n) is 9.83. The third-order valence-corrected chi connectivity index (χ3v) is 3.79. The minimum Gasteiger partial charge on any atom is -0.481 e. The number of benzene rings is 2. The number of carbonyl (C=O) groups is 2. The molecule has 0 saturated carbocycles. The molecule has 29 heavy (non-hydrogen) atoms. The Morgan fingerprint density at radius 1 is 1.00 bits per heavy atom. The summed E-state index contributed by atoms with van der Waals surface area (Å²) in [5.41, 5.74) is 11.2. The van der Waals surface area contributed by atoms with Crippen LogP contribution in [0.4, 0.5) is 11.4 Å². The lowest BCUT2D eigenvalue weighted by Crippen LogP contribution is -2.14. The number of para-hydroxylation sites is 1. The second-order valence-corrected chi connectivity index (χ2v) is 6.54. The molecule has 0 bridgehead atoms. The van der Waals surface area contributed by atoms with Crippen molar-refractivity contribution >= 4 is 23.3 Å². The molecule has 0 aliphatic carbocycles. The zero-order chi connectivity index (χ0) is 22.4. The van der Waals surface area contributed by atoms with E-state index in [1.807, 2.05) is 12.1 Å². The molecule has 0 heterocycles. The quantitative estimate of drug-likeness (QED) is 0.574. The molecule has 6 nitrogen and oxygen atoms in total. The minimum absolute atomic E-state index is 0.410. The van der Waals surface area contributed by atoms with E-state index in [1.54, 1.807) is 6.07 Å². The Kier molecular flexibility index (Phi) is 12.8. The van der Waals surface area contributed by atoms with Crippen molar-refractivity contribution in [1.82, 2.24) is 5.32 Å². The minimum atomic E-state index is -0.833. The van der Waals surface area contributed by atoms with Gasteiger partial charge in [-0.2, -0.15) is 0 Å². The largest absolute Gasteiger partial charge is 0.481 e. The number of rotatable bonds is 6. The molecule has 1 amide bonds. The number of amides is 1. The topological polar surface area (TPSA) is 104 Å². The molecular formula is C23H35N3O3. The predicted molar refractivity (Wildman–Crippen MR) is 121 cm³/mol. The number of carbonyl (C=O) groups excluding carboxylic acids is 1. The van der Waals surface area contributed by atoms with Crippen LogP contribution in [0.5, 0.6) is 0 Å². The van der Waals surface area contributed by atoms with Crippen LogP contribution in [0, 0.1) is 13.8 Å². The van der Waals surface area contributed by atoms with Gasteiger partial charge in [-0.15, -0.1) is 0 Å². The number of primary amides is 1. The van der Waals surface area contributed by atoms with Crippen LogP contribution in [0.15, 0.2) is 36.4 Å². The van der Waals surface area contributed by atoms with Crippen LogP contribution in [0.1, 0.15) is 54.7 Å². The Balaban J connectivity index is 0.000000734. The highest BCUT2D eigenvalue weighted by Gasteiger charge is 2.12. The van der Waals surface area contributed by atoms with Crippen LogP contribution < -0.4 is 16.4 Å². The third-order valence-electron chi connectivity index (χ3n) is 3.79. The van der Waals surface area contributed by atoms with E-state index in [-0.39, 0.29) is 0 Å². The van der Waals surface area contributed by atoms with Gasteiger partial charge in [0.2, 0.25) is 0 Å². The van der Waals surface area contributed by atoms with Gasteiger partial charge in [-0.25, -0.2) is 0 Å². The van der Waals surface area contributed by atoms with Gasteiger partial charge in [0.1, 0.15) is 0 Å². The number of hydrogen-bond donors (Lipinski definition) is 4. The van der Waals surface area contributed by atoms with Crippen LogP contribution >= 0.6 is 0 Å². The third kappa shape index (κ3) is 10.9. The van der Waals surface area contributed by atoms with Crippen molar-refractivity contribution in [3.8, 4) is 0 Å². The molecule has 0 unspecified atom stereocenters. The summed E-state index contributed by atoms with van der Waals surface area (Å²) >= 11 is 0. The van der Waals surface area contributed by atoms with Gasteiger partial charge in [0, 0.05) is 12.6 Å². The van der Waals surface area contributed by atoms with Crippen molar-refractivity contribution in [2.45, 2.75) is 48.0 Å². The van der Waals surface area contributed by atoms with Crippen molar-refractivity contribution in [2.24, 2.45) is 5.73 Å². The van der Waals surface area contributed by atoms with Crippen LogP contribution in [-0.4, -0.2) is 30.1 Å². The molecule has 0 fully saturated rings. The molecule has 2 aromatic rings. The Hall–Kier alpha value is -2.86. The second kappa shape index (κ2) is 14.2. The summed E-state index contributed by atoms with van der Waals surface area (Å²) in [6.07, 6.45) is 0.842. The average molecular weight is 402 g/mol. The van der Waals surface area contributed by atoms with E-state index in [2.05, 4.69) is 63.5 Å². The van der Waals surface area contributed by atoms with Crippen molar-refractivity contribution in [3.05, 3.63) is 58.7 Å². The van der Waals surface area contributed by atoms with Gasteiger partial charge in [0.15, 0.2) is 0 Å². The standard InChI is InChI=1S/C17H20N2O.C4H11N.C2H4O2/c1-4-13-6-5-7-15(17(18)20)16(13)19-14-9-11(2)8-12(3)10-14;1-3-5-4-2;1-2(3)4/h5-10,19H,4H2,1-3H3,(H2,18,20);5H,3-4H2,1-2H3;1H3,(H,3,4). The molecule has 6 heteroatoms. The van der Waals surface area contributed by atoms with Gasteiger partial charge >= 0.3 is 0 Å². The first-order valence-corrected chi connectivity index (χ1v) is 9.83. The lowest BCUT2D eigenvalue weighted by Gasteiger charge is -2.15. The molecule has 0 saturated heterocycles. The van der Waals surface area contributed by atoms with Crippen LogP contribution in [-0.2, 0) is 11.2 Å². The molecular weight excluding hydrogens is 366 g/mol. The molecule has 0 radical (unpaired) electrons. The molecule has 5 N–H and O–H groups in total. The number of anilines is 2. The second-order valence-electron chi connectivity index (χ2n) is 6.54. The van der Waals surface area contributed by atoms with Gasteiger partial charge in [-0.1, -0.05) is 39.0 Å². The van der Waals surface area contributed by atoms with E-state index in [0.717, 1.165) is 43.4 Å². The van der Waals surface area contributed by atoms with E-state index in [0.29, 0.717) is 5.56 Å². The lowest BCUT2D eigenvalue weighted by molar-refractivity contribution is -0.134. The van der Waals surface area contributed by atoms with Crippen molar-refractivity contribution in [3.63, 3.8) is 0 Å². The molecule has 160 valence electrons. The molecule has 0 spiro atoms. The number of carboxylic acids is 1. The zero-order valence-corrected chi connectivity index (χ0v) is 18.4. The lowest BCUT2D eigenvalue weighted by atomic mass is 10.0. The fourth-order valence-electron chi connectivity index (χ4n) is 2.69. The van der Waals surface area contributed by atoms with Gasteiger partial charge in [0.25, 0.3) is 11.9 Å². The Bertz CT molecular complexity index is 763. The average Bonchev–Trinajstić information content (AvgIpc) is 2.61. The maximum atomic E-state index is 11.6. The van der Waals surface area contributed by atoms with Crippen molar-refractivity contribution < 1.29 is 14.7 Å². The fourth-order valence-corrected chi connectivity index (χ4v) is 2.69. The molecule has 0 aromatic heterocycles. The highest BCUT2D eigenvalue weighted by molar-refractivity contribution is 6.00. The van der Waals surface area contributed by atoms with Crippen LogP contribution in [0.2, 0.25) is 0 Å². The number of carboxylic acid groups (broad SMARTS) is 1. The Morgan fingerprint density at radius 2 is 1.52 bits per heavy atom. The van der Waals surface area contributed by atoms with Gasteiger partial charge in [-0.3, -0.25) is 9.59 Å². The van der Waals surface area contributed by atoms with E-state index in [9.17, 15) is 4.79 Å². The van der Waals surface area contributed by atoms with Gasteiger partial charge < -0.3 is 21.5 Å². The normalized spacial score (nSPS) is 9.45. The van der Waals surface area contributed by atoms with Gasteiger partial charge in [0.05, 0.1) is 11.3 Å². The smallest absolute Gasteiger partial charge is 0.300 e. The summed E-state index contributed by atoms with van der Waals surface area (Å²) in [4.78, 5) is 20.6. The van der Waals surface area contributed by atoms with E-state index >= 15 is 0 Å². The molecule has 2 rings (SSSR count). The summed E-state index contributed by atoms with van der Waals surface area (Å²) in [6.45, 7) is 13.6. The van der Waals surface area contributed by atoms with Crippen molar-refractivity contribution in [2.75, 3.05) is 18.4 Å². The molecule has 0 aliphatic rings. The predicted octanol–water partition coefficient (Wildman–Crippen LogP) is 4.42. The first kappa shape index (κ1) is 26.1. The summed E-state index contributed by atoms with van der Waals surface area (Å²) in [6, 6.07) is 11.9. The van der Waals surface area contributed by atoms with Crippen LogP contribution in [0.3, 0.4) is 0 Å². The van der Waals surface area contributed by atoms with Crippen LogP contribution in [0.25, 0.3) is 0 Å². The van der Waals surface area contributed by atoms with Crippen molar-refractivity contribution in [1.29, 1.82) is 0 Å². The summed E-state index contributed by atoms with van der Waals surface area (Å²) in [5.74, 6) is -1.24. The summed E-state index contributed by atoms with van der Waals surface area (Å²) < 4.78 is 0. The number of aliphatic carboxylic acids is 1. The van der Waals surface area contributed by atoms with E-state index in [4.69, 9.17) is 15.6 Å². The highest BCUT2D eigenvalue weighted by Crippen LogP contribution is 2.27. The Morgan fingerprint density at radius 3 is 1.90 bits per heavy atom. The molecule has 2 aromatic carbocycles. The fraction of sp³-hybridized carbons (Fsp3) is 0.391. The molecule has 0 atom stereocenters. The van der Waals surface area contributed by atoms with Gasteiger partial charge in [-0.05, 0) is 68.2 Å². The van der Waals surface area contributed by atoms with E-state index in [1.165, 1.54) is 11.1 Å². The number of aryl methyl sites for hydroxylation is 3. The SMILES string of the molecule is CC(=O)O.CCNCC.CCc1cccc(C(N)=O)c1Nc1cc(C)cc(C)c1. The number of hydrogen-bond acceptors (Lipinski definition) is 4. The monoisotopic (exact) mass is 401 g/mol.